The highest BCUT2D eigenvalue weighted by Crippen LogP contribution is 2.17. The molecule has 2 aromatic carbocycles. The van der Waals surface area contributed by atoms with Gasteiger partial charge >= 0.3 is 11.8 Å². The second-order valence-electron chi connectivity index (χ2n) is 5.45. The Morgan fingerprint density at radius 3 is 2.32 bits per heavy atom. The normalized spacial score (nSPS) is 10.2. The van der Waals surface area contributed by atoms with Gasteiger partial charge in [0.1, 0.15) is 5.75 Å². The highest BCUT2D eigenvalue weighted by molar-refractivity contribution is 6.35. The maximum absolute atomic E-state index is 11.8. The number of ether oxygens (including phenoxy) is 1. The SMILES string of the molecule is COc1ccccc1CCNC(=O)C(=O)NCCc1cccc(Cl)c1. The topological polar surface area (TPSA) is 67.4 Å². The van der Waals surface area contributed by atoms with Gasteiger partial charge in [0.05, 0.1) is 7.11 Å². The van der Waals surface area contributed by atoms with Crippen molar-refractivity contribution in [3.05, 3.63) is 64.7 Å². The molecule has 0 aliphatic heterocycles. The minimum atomic E-state index is -0.638. The number of hydrogen-bond acceptors (Lipinski definition) is 3. The first-order valence-electron chi connectivity index (χ1n) is 8.02. The summed E-state index contributed by atoms with van der Waals surface area (Å²) in [6.45, 7) is 0.736. The summed E-state index contributed by atoms with van der Waals surface area (Å²) < 4.78 is 5.25. The molecule has 0 atom stereocenters. The van der Waals surface area contributed by atoms with E-state index in [1.165, 1.54) is 0 Å². The lowest BCUT2D eigenvalue weighted by Crippen LogP contribution is -2.41. The molecular formula is C19H21ClN2O3. The summed E-state index contributed by atoms with van der Waals surface area (Å²) in [5, 5.41) is 5.87. The first-order chi connectivity index (χ1) is 12.1. The van der Waals surface area contributed by atoms with Crippen molar-refractivity contribution < 1.29 is 14.3 Å². The molecule has 25 heavy (non-hydrogen) atoms. The molecule has 5 nitrogen and oxygen atoms in total. The van der Waals surface area contributed by atoms with E-state index in [1.807, 2.05) is 42.5 Å². The Morgan fingerprint density at radius 1 is 0.960 bits per heavy atom. The first kappa shape index (κ1) is 18.8. The highest BCUT2D eigenvalue weighted by Gasteiger charge is 2.12. The van der Waals surface area contributed by atoms with Crippen LogP contribution in [0.5, 0.6) is 5.75 Å². The molecule has 0 aliphatic carbocycles. The Kier molecular flexibility index (Phi) is 7.29. The number of rotatable bonds is 7. The van der Waals surface area contributed by atoms with E-state index in [0.29, 0.717) is 31.0 Å². The summed E-state index contributed by atoms with van der Waals surface area (Å²) in [6.07, 6.45) is 1.20. The van der Waals surface area contributed by atoms with Crippen LogP contribution in [-0.4, -0.2) is 32.0 Å². The molecule has 0 spiro atoms. The van der Waals surface area contributed by atoms with Gasteiger partial charge < -0.3 is 15.4 Å². The van der Waals surface area contributed by atoms with Gasteiger partial charge in [-0.3, -0.25) is 9.59 Å². The zero-order chi connectivity index (χ0) is 18.1. The zero-order valence-electron chi connectivity index (χ0n) is 14.0. The number of hydrogen-bond donors (Lipinski definition) is 2. The van der Waals surface area contributed by atoms with Crippen molar-refractivity contribution >= 4 is 23.4 Å². The maximum Gasteiger partial charge on any atom is 0.309 e. The Hall–Kier alpha value is -2.53. The monoisotopic (exact) mass is 360 g/mol. The van der Waals surface area contributed by atoms with Gasteiger partial charge in [-0.15, -0.1) is 0 Å². The van der Waals surface area contributed by atoms with Crippen LogP contribution in [0.25, 0.3) is 0 Å². The molecule has 0 aliphatic rings. The van der Waals surface area contributed by atoms with E-state index in [1.54, 1.807) is 13.2 Å². The van der Waals surface area contributed by atoms with E-state index in [-0.39, 0.29) is 0 Å². The van der Waals surface area contributed by atoms with Crippen molar-refractivity contribution in [2.75, 3.05) is 20.2 Å². The van der Waals surface area contributed by atoms with Gasteiger partial charge in [0.15, 0.2) is 0 Å². The lowest BCUT2D eigenvalue weighted by molar-refractivity contribution is -0.139. The third kappa shape index (κ3) is 6.12. The summed E-state index contributed by atoms with van der Waals surface area (Å²) in [4.78, 5) is 23.6. The van der Waals surface area contributed by atoms with E-state index in [2.05, 4.69) is 10.6 Å². The summed E-state index contributed by atoms with van der Waals surface area (Å²) in [5.74, 6) is -0.509. The highest BCUT2D eigenvalue weighted by atomic mass is 35.5. The minimum Gasteiger partial charge on any atom is -0.496 e. The second-order valence-corrected chi connectivity index (χ2v) is 5.89. The number of nitrogens with one attached hydrogen (secondary N) is 2. The van der Waals surface area contributed by atoms with Gasteiger partial charge in [-0.25, -0.2) is 0 Å². The fourth-order valence-electron chi connectivity index (χ4n) is 2.39. The van der Waals surface area contributed by atoms with Crippen LogP contribution in [0.15, 0.2) is 48.5 Å². The van der Waals surface area contributed by atoms with Gasteiger partial charge in [-0.1, -0.05) is 41.9 Å². The van der Waals surface area contributed by atoms with Gasteiger partial charge in [0.25, 0.3) is 0 Å². The molecule has 0 bridgehead atoms. The molecular weight excluding hydrogens is 340 g/mol. The Bertz CT molecular complexity index is 734. The average Bonchev–Trinajstić information content (AvgIpc) is 2.62. The molecule has 0 heterocycles. The van der Waals surface area contributed by atoms with E-state index < -0.39 is 11.8 Å². The third-order valence-corrected chi connectivity index (χ3v) is 3.90. The fraction of sp³-hybridized carbons (Fsp3) is 0.263. The standard InChI is InChI=1S/C19H21ClN2O3/c1-25-17-8-3-2-6-15(17)10-12-22-19(24)18(23)21-11-9-14-5-4-7-16(20)13-14/h2-8,13H,9-12H2,1H3,(H,21,23)(H,22,24). The molecule has 0 radical (unpaired) electrons. The quantitative estimate of drug-likeness (QED) is 0.745. The van der Waals surface area contributed by atoms with Crippen LogP contribution in [0.4, 0.5) is 0 Å². The zero-order valence-corrected chi connectivity index (χ0v) is 14.8. The number of methoxy groups -OCH3 is 1. The Labute approximate surface area is 152 Å². The van der Waals surface area contributed by atoms with Crippen molar-refractivity contribution in [3.63, 3.8) is 0 Å². The molecule has 0 saturated carbocycles. The molecule has 2 aromatic rings. The number of amides is 2. The van der Waals surface area contributed by atoms with Crippen molar-refractivity contribution in [2.24, 2.45) is 0 Å². The number of benzene rings is 2. The third-order valence-electron chi connectivity index (χ3n) is 3.67. The van der Waals surface area contributed by atoms with E-state index in [0.717, 1.165) is 16.9 Å². The van der Waals surface area contributed by atoms with Gasteiger partial charge in [0, 0.05) is 18.1 Å². The Balaban J connectivity index is 1.70. The number of carbonyl (C=O) groups excluding carboxylic acids is 2. The summed E-state index contributed by atoms with van der Waals surface area (Å²) >= 11 is 5.91. The van der Waals surface area contributed by atoms with E-state index in [4.69, 9.17) is 16.3 Å². The van der Waals surface area contributed by atoms with Gasteiger partial charge in [-0.05, 0) is 42.2 Å². The van der Waals surface area contributed by atoms with E-state index >= 15 is 0 Å². The van der Waals surface area contributed by atoms with Crippen LogP contribution in [0.2, 0.25) is 5.02 Å². The van der Waals surface area contributed by atoms with Crippen molar-refractivity contribution in [2.45, 2.75) is 12.8 Å². The van der Waals surface area contributed by atoms with Crippen LogP contribution in [0.3, 0.4) is 0 Å². The number of para-hydroxylation sites is 1. The second kappa shape index (κ2) is 9.69. The summed E-state index contributed by atoms with van der Waals surface area (Å²) in [6, 6.07) is 15.0. The molecule has 0 unspecified atom stereocenters. The predicted octanol–water partition coefficient (Wildman–Crippen LogP) is 2.37. The molecule has 2 N–H and O–H groups in total. The maximum atomic E-state index is 11.8. The predicted molar refractivity (Wildman–Crippen MR) is 97.9 cm³/mol. The van der Waals surface area contributed by atoms with Crippen LogP contribution in [-0.2, 0) is 22.4 Å². The van der Waals surface area contributed by atoms with Crippen LogP contribution < -0.4 is 15.4 Å². The number of halogens is 1. The van der Waals surface area contributed by atoms with Crippen LogP contribution in [0, 0.1) is 0 Å². The molecule has 2 amide bonds. The van der Waals surface area contributed by atoms with Gasteiger partial charge in [0.2, 0.25) is 0 Å². The number of carbonyl (C=O) groups is 2. The molecule has 132 valence electrons. The fourth-order valence-corrected chi connectivity index (χ4v) is 2.61. The molecule has 6 heteroatoms. The lowest BCUT2D eigenvalue weighted by Gasteiger charge is -2.09. The van der Waals surface area contributed by atoms with Gasteiger partial charge in [-0.2, -0.15) is 0 Å². The first-order valence-corrected chi connectivity index (χ1v) is 8.40. The average molecular weight is 361 g/mol. The smallest absolute Gasteiger partial charge is 0.309 e. The lowest BCUT2D eigenvalue weighted by atomic mass is 10.1. The van der Waals surface area contributed by atoms with Crippen LogP contribution >= 0.6 is 11.6 Å². The molecule has 0 aromatic heterocycles. The largest absolute Gasteiger partial charge is 0.496 e. The summed E-state index contributed by atoms with van der Waals surface area (Å²) in [7, 11) is 1.60. The van der Waals surface area contributed by atoms with Crippen molar-refractivity contribution in [3.8, 4) is 5.75 Å². The Morgan fingerprint density at radius 2 is 1.64 bits per heavy atom. The minimum absolute atomic E-state index is 0.362. The van der Waals surface area contributed by atoms with Crippen LogP contribution in [0.1, 0.15) is 11.1 Å². The van der Waals surface area contributed by atoms with E-state index in [9.17, 15) is 9.59 Å². The molecule has 0 saturated heterocycles. The molecule has 2 rings (SSSR count). The van der Waals surface area contributed by atoms with Crippen molar-refractivity contribution in [1.82, 2.24) is 10.6 Å². The summed E-state index contributed by atoms with van der Waals surface area (Å²) in [5.41, 5.74) is 1.98. The molecule has 0 fully saturated rings. The van der Waals surface area contributed by atoms with Crippen molar-refractivity contribution in [1.29, 1.82) is 0 Å².